The Bertz CT molecular complexity index is 1140. The molecule has 1 N–H and O–H groups in total. The van der Waals surface area contributed by atoms with Crippen LogP contribution in [-0.4, -0.2) is 77.7 Å². The highest BCUT2D eigenvalue weighted by molar-refractivity contribution is 7.89. The van der Waals surface area contributed by atoms with E-state index in [1.54, 1.807) is 4.90 Å². The van der Waals surface area contributed by atoms with E-state index in [0.29, 0.717) is 30.4 Å². The van der Waals surface area contributed by atoms with Crippen molar-refractivity contribution in [2.45, 2.75) is 69.5 Å². The Labute approximate surface area is 225 Å². The molecule has 0 aromatic heterocycles. The molecule has 0 spiro atoms. The number of aryl methyl sites for hydroxylation is 1. The SMILES string of the molecule is O=CN(O)C1(CS(=O)(=O)N2CCC(CCc3ccc(F)cc3C(F)(F)F)CC2)CCN(C(=O)C2CCC2)CC1. The number of amides is 2. The van der Waals surface area contributed by atoms with Crippen LogP contribution in [0.25, 0.3) is 0 Å². The van der Waals surface area contributed by atoms with Crippen molar-refractivity contribution in [3.8, 4) is 0 Å². The summed E-state index contributed by atoms with van der Waals surface area (Å²) in [7, 11) is -3.89. The minimum Gasteiger partial charge on any atom is -0.342 e. The zero-order valence-corrected chi connectivity index (χ0v) is 22.5. The van der Waals surface area contributed by atoms with Gasteiger partial charge in [0, 0.05) is 32.1 Å². The van der Waals surface area contributed by atoms with Crippen molar-refractivity contribution in [2.24, 2.45) is 11.8 Å². The number of hydrogen-bond donors (Lipinski definition) is 1. The van der Waals surface area contributed by atoms with Gasteiger partial charge < -0.3 is 4.90 Å². The smallest absolute Gasteiger partial charge is 0.342 e. The molecule has 0 radical (unpaired) electrons. The van der Waals surface area contributed by atoms with Gasteiger partial charge in [-0.3, -0.25) is 14.8 Å². The molecule has 1 aromatic rings. The lowest BCUT2D eigenvalue weighted by Gasteiger charge is -2.46. The van der Waals surface area contributed by atoms with Crippen LogP contribution >= 0.6 is 0 Å². The predicted octanol–water partition coefficient (Wildman–Crippen LogP) is 3.83. The van der Waals surface area contributed by atoms with Crippen molar-refractivity contribution in [1.82, 2.24) is 14.3 Å². The molecule has 2 heterocycles. The third-order valence-corrected chi connectivity index (χ3v) is 10.7. The number of carbonyl (C=O) groups excluding carboxylic acids is 2. The fraction of sp³-hybridized carbons (Fsp3) is 0.692. The lowest BCUT2D eigenvalue weighted by atomic mass is 9.82. The summed E-state index contributed by atoms with van der Waals surface area (Å²) in [5.41, 5.74) is -2.32. The van der Waals surface area contributed by atoms with Gasteiger partial charge in [0.1, 0.15) is 5.82 Å². The number of halogens is 4. The molecule has 1 saturated carbocycles. The molecule has 218 valence electrons. The summed E-state index contributed by atoms with van der Waals surface area (Å²) in [5, 5.41) is 10.8. The Hall–Kier alpha value is -2.25. The minimum atomic E-state index is -4.66. The van der Waals surface area contributed by atoms with Crippen molar-refractivity contribution < 1.29 is 40.8 Å². The molecular weight excluding hydrogens is 542 g/mol. The Balaban J connectivity index is 1.33. The van der Waals surface area contributed by atoms with Gasteiger partial charge in [0.05, 0.1) is 16.9 Å². The van der Waals surface area contributed by atoms with Crippen molar-refractivity contribution >= 4 is 22.3 Å². The largest absolute Gasteiger partial charge is 0.416 e. The van der Waals surface area contributed by atoms with Crippen LogP contribution in [0.3, 0.4) is 0 Å². The van der Waals surface area contributed by atoms with Gasteiger partial charge in [-0.25, -0.2) is 22.2 Å². The Kier molecular flexibility index (Phi) is 8.92. The molecule has 3 aliphatic rings. The first-order chi connectivity index (χ1) is 18.3. The molecule has 0 unspecified atom stereocenters. The Morgan fingerprint density at radius 1 is 1.10 bits per heavy atom. The van der Waals surface area contributed by atoms with Crippen LogP contribution in [0.15, 0.2) is 18.2 Å². The maximum atomic E-state index is 13.4. The average molecular weight is 578 g/mol. The van der Waals surface area contributed by atoms with Gasteiger partial charge in [-0.2, -0.15) is 13.2 Å². The van der Waals surface area contributed by atoms with Crippen LogP contribution in [0.1, 0.15) is 62.5 Å². The highest BCUT2D eigenvalue weighted by Gasteiger charge is 2.46. The fourth-order valence-corrected chi connectivity index (χ4v) is 7.95. The molecular formula is C26H35F4N3O5S. The van der Waals surface area contributed by atoms with Crippen molar-refractivity contribution in [2.75, 3.05) is 31.9 Å². The van der Waals surface area contributed by atoms with E-state index >= 15 is 0 Å². The second kappa shape index (κ2) is 11.7. The molecule has 13 heteroatoms. The Morgan fingerprint density at radius 2 is 1.74 bits per heavy atom. The van der Waals surface area contributed by atoms with Gasteiger partial charge in [-0.05, 0) is 75.0 Å². The summed E-state index contributed by atoms with van der Waals surface area (Å²) >= 11 is 0. The van der Waals surface area contributed by atoms with Crippen molar-refractivity contribution in [1.29, 1.82) is 0 Å². The monoisotopic (exact) mass is 577 g/mol. The number of nitrogens with zero attached hydrogens (tertiary/aromatic N) is 3. The van der Waals surface area contributed by atoms with E-state index in [-0.39, 0.29) is 75.2 Å². The first-order valence-electron chi connectivity index (χ1n) is 13.4. The Morgan fingerprint density at radius 3 is 2.28 bits per heavy atom. The zero-order chi connectivity index (χ0) is 28.4. The van der Waals surface area contributed by atoms with E-state index in [4.69, 9.17) is 0 Å². The summed E-state index contributed by atoms with van der Waals surface area (Å²) in [6.45, 7) is 0.858. The number of benzene rings is 1. The number of hydrogen-bond acceptors (Lipinski definition) is 5. The fourth-order valence-electron chi connectivity index (χ4n) is 5.91. The number of hydroxylamine groups is 2. The quantitative estimate of drug-likeness (QED) is 0.208. The highest BCUT2D eigenvalue weighted by atomic mass is 32.2. The number of rotatable bonds is 9. The predicted molar refractivity (Wildman–Crippen MR) is 133 cm³/mol. The maximum absolute atomic E-state index is 13.4. The lowest BCUT2D eigenvalue weighted by molar-refractivity contribution is -0.184. The molecule has 0 atom stereocenters. The molecule has 8 nitrogen and oxygen atoms in total. The molecule has 2 aliphatic heterocycles. The number of piperidine rings is 2. The third-order valence-electron chi connectivity index (χ3n) is 8.66. The molecule has 3 fully saturated rings. The first kappa shape index (κ1) is 29.7. The van der Waals surface area contributed by atoms with Crippen molar-refractivity contribution in [3.05, 3.63) is 35.1 Å². The highest BCUT2D eigenvalue weighted by Crippen LogP contribution is 2.36. The van der Waals surface area contributed by atoms with Crippen LogP contribution in [0.4, 0.5) is 17.6 Å². The van der Waals surface area contributed by atoms with Crippen LogP contribution in [0, 0.1) is 17.7 Å². The van der Waals surface area contributed by atoms with E-state index < -0.39 is 38.9 Å². The second-order valence-electron chi connectivity index (χ2n) is 11.1. The number of alkyl halides is 3. The van der Waals surface area contributed by atoms with E-state index in [0.717, 1.165) is 31.4 Å². The van der Waals surface area contributed by atoms with Crippen LogP contribution < -0.4 is 0 Å². The van der Waals surface area contributed by atoms with Gasteiger partial charge in [0.25, 0.3) is 0 Å². The molecule has 2 amide bonds. The summed E-state index contributed by atoms with van der Waals surface area (Å²) in [6.07, 6.45) is -0.0626. The molecule has 39 heavy (non-hydrogen) atoms. The molecule has 4 rings (SSSR count). The van der Waals surface area contributed by atoms with Crippen LogP contribution in [0.2, 0.25) is 0 Å². The van der Waals surface area contributed by atoms with E-state index in [1.165, 1.54) is 4.31 Å². The van der Waals surface area contributed by atoms with E-state index in [9.17, 15) is 40.8 Å². The van der Waals surface area contributed by atoms with Gasteiger partial charge in [0.15, 0.2) is 0 Å². The zero-order valence-electron chi connectivity index (χ0n) is 21.7. The second-order valence-corrected chi connectivity index (χ2v) is 13.0. The molecule has 1 aromatic carbocycles. The maximum Gasteiger partial charge on any atom is 0.416 e. The topological polar surface area (TPSA) is 98.2 Å². The van der Waals surface area contributed by atoms with Gasteiger partial charge in [-0.15, -0.1) is 0 Å². The standard InChI is InChI=1S/C26H35F4N3O5S/c27-22-7-6-20(23(16-22)26(28,29)30)5-4-19-8-12-32(13-9-19)39(37,38)17-25(33(36)18-34)10-14-31(15-11-25)24(35)21-2-1-3-21/h6-7,16,18-19,21,36H,1-5,8-15,17H2. The average Bonchev–Trinajstić information content (AvgIpc) is 2.86. The number of sulfonamides is 1. The summed E-state index contributed by atoms with van der Waals surface area (Å²) in [4.78, 5) is 25.8. The van der Waals surface area contributed by atoms with Gasteiger partial charge in [-0.1, -0.05) is 12.5 Å². The third kappa shape index (κ3) is 6.74. The summed E-state index contributed by atoms with van der Waals surface area (Å²) in [6, 6.07) is 2.65. The van der Waals surface area contributed by atoms with Crippen molar-refractivity contribution in [3.63, 3.8) is 0 Å². The normalized spacial score (nSPS) is 21.4. The molecule has 0 bridgehead atoms. The van der Waals surface area contributed by atoms with Gasteiger partial charge >= 0.3 is 6.18 Å². The van der Waals surface area contributed by atoms with Gasteiger partial charge in [0.2, 0.25) is 22.3 Å². The summed E-state index contributed by atoms with van der Waals surface area (Å²) in [5.74, 6) is -1.38. The summed E-state index contributed by atoms with van der Waals surface area (Å²) < 4.78 is 81.3. The first-order valence-corrected chi connectivity index (χ1v) is 15.0. The number of carbonyl (C=O) groups is 2. The minimum absolute atomic E-state index is 0.00150. The molecule has 1 aliphatic carbocycles. The number of likely N-dealkylation sites (tertiary alicyclic amines) is 1. The van der Waals surface area contributed by atoms with E-state index in [1.807, 2.05) is 0 Å². The molecule has 2 saturated heterocycles. The lowest BCUT2D eigenvalue weighted by Crippen LogP contribution is -2.60. The van der Waals surface area contributed by atoms with Crippen LogP contribution in [0.5, 0.6) is 0 Å². The van der Waals surface area contributed by atoms with E-state index in [2.05, 4.69) is 0 Å². The van der Waals surface area contributed by atoms with Crippen LogP contribution in [-0.2, 0) is 32.2 Å².